The van der Waals surface area contributed by atoms with Gasteiger partial charge in [0.1, 0.15) is 0 Å². The predicted molar refractivity (Wildman–Crippen MR) is 107 cm³/mol. The van der Waals surface area contributed by atoms with Crippen LogP contribution in [-0.2, 0) is 23.0 Å². The Labute approximate surface area is 164 Å². The van der Waals surface area contributed by atoms with Crippen LogP contribution in [0.25, 0.3) is 15.9 Å². The van der Waals surface area contributed by atoms with Crippen LogP contribution >= 0.6 is 22.9 Å². The van der Waals surface area contributed by atoms with Crippen molar-refractivity contribution in [2.75, 3.05) is 18.3 Å². The summed E-state index contributed by atoms with van der Waals surface area (Å²) in [6.45, 7) is 1.85. The maximum atomic E-state index is 12.9. The molecule has 4 heterocycles. The van der Waals surface area contributed by atoms with Gasteiger partial charge in [-0.15, -0.1) is 11.3 Å². The summed E-state index contributed by atoms with van der Waals surface area (Å²) in [5.41, 5.74) is 3.97. The molecule has 0 aliphatic carbocycles. The lowest BCUT2D eigenvalue weighted by Gasteiger charge is -2.22. The molecule has 3 aromatic heterocycles. The number of fused-ring (bicyclic) bond motifs is 4. The van der Waals surface area contributed by atoms with Gasteiger partial charge in [0.2, 0.25) is 0 Å². The van der Waals surface area contributed by atoms with Gasteiger partial charge in [0, 0.05) is 47.0 Å². The third-order valence-electron chi connectivity index (χ3n) is 4.85. The SMILES string of the molecule is CN1CCc2c([nH]c3ccc(NS(=O)(=O)c4c(Cl)nc5sccn45)cc23)C1. The smallest absolute Gasteiger partial charge is 0.281 e. The molecule has 0 spiro atoms. The molecular formula is C17H16ClN5O2S2. The molecule has 2 N–H and O–H groups in total. The van der Waals surface area contributed by atoms with Crippen molar-refractivity contribution < 1.29 is 8.42 Å². The maximum absolute atomic E-state index is 12.9. The van der Waals surface area contributed by atoms with Crippen LogP contribution in [0.2, 0.25) is 5.15 Å². The zero-order valence-corrected chi connectivity index (χ0v) is 16.7. The second kappa shape index (κ2) is 5.96. The fourth-order valence-electron chi connectivity index (χ4n) is 3.62. The second-order valence-corrected chi connectivity index (χ2v) is 9.53. The third kappa shape index (κ3) is 2.73. The minimum Gasteiger partial charge on any atom is -0.357 e. The number of imidazole rings is 1. The Morgan fingerprint density at radius 2 is 2.22 bits per heavy atom. The van der Waals surface area contributed by atoms with Gasteiger partial charge < -0.3 is 9.88 Å². The summed E-state index contributed by atoms with van der Waals surface area (Å²) in [6.07, 6.45) is 2.59. The van der Waals surface area contributed by atoms with Crippen LogP contribution in [0.1, 0.15) is 11.3 Å². The number of likely N-dealkylation sites (N-methyl/N-ethyl adjacent to an activating group) is 1. The zero-order valence-electron chi connectivity index (χ0n) is 14.4. The van der Waals surface area contributed by atoms with E-state index in [9.17, 15) is 8.42 Å². The average Bonchev–Trinajstić information content (AvgIpc) is 3.25. The van der Waals surface area contributed by atoms with Crippen molar-refractivity contribution in [3.05, 3.63) is 46.2 Å². The van der Waals surface area contributed by atoms with Crippen LogP contribution in [0.3, 0.4) is 0 Å². The molecule has 0 bridgehead atoms. The lowest BCUT2D eigenvalue weighted by Crippen LogP contribution is -2.26. The molecule has 4 aromatic rings. The molecule has 0 saturated carbocycles. The molecular weight excluding hydrogens is 406 g/mol. The Morgan fingerprint density at radius 3 is 3.07 bits per heavy atom. The minimum absolute atomic E-state index is 0.0301. The Balaban J connectivity index is 1.56. The van der Waals surface area contributed by atoms with Crippen molar-refractivity contribution in [1.82, 2.24) is 19.3 Å². The number of thiazole rings is 1. The molecule has 1 aromatic carbocycles. The van der Waals surface area contributed by atoms with Crippen LogP contribution in [0, 0.1) is 0 Å². The number of aromatic nitrogens is 3. The monoisotopic (exact) mass is 421 g/mol. The summed E-state index contributed by atoms with van der Waals surface area (Å²) in [5.74, 6) is 0. The average molecular weight is 422 g/mol. The van der Waals surface area contributed by atoms with E-state index in [1.54, 1.807) is 17.6 Å². The number of sulfonamides is 1. The van der Waals surface area contributed by atoms with E-state index in [1.807, 2.05) is 12.1 Å². The van der Waals surface area contributed by atoms with Gasteiger partial charge in [-0.1, -0.05) is 11.6 Å². The molecule has 1 aliphatic rings. The molecule has 0 radical (unpaired) electrons. The van der Waals surface area contributed by atoms with E-state index in [2.05, 4.69) is 26.6 Å². The fourth-order valence-corrected chi connectivity index (χ4v) is 6.13. The Hall–Kier alpha value is -2.07. The number of anilines is 1. The molecule has 0 amide bonds. The maximum Gasteiger partial charge on any atom is 0.281 e. The van der Waals surface area contributed by atoms with Gasteiger partial charge in [0.05, 0.1) is 0 Å². The van der Waals surface area contributed by atoms with Gasteiger partial charge >= 0.3 is 0 Å². The van der Waals surface area contributed by atoms with Gasteiger partial charge in [0.25, 0.3) is 10.0 Å². The van der Waals surface area contributed by atoms with Crippen molar-refractivity contribution in [2.24, 2.45) is 0 Å². The highest BCUT2D eigenvalue weighted by Gasteiger charge is 2.26. The largest absolute Gasteiger partial charge is 0.357 e. The summed E-state index contributed by atoms with van der Waals surface area (Å²) in [5, 5.41) is 2.75. The van der Waals surface area contributed by atoms with Crippen LogP contribution in [0.15, 0.2) is 34.8 Å². The van der Waals surface area contributed by atoms with E-state index in [0.717, 1.165) is 30.4 Å². The fraction of sp³-hybridized carbons (Fsp3) is 0.235. The summed E-state index contributed by atoms with van der Waals surface area (Å²) < 4.78 is 30.0. The summed E-state index contributed by atoms with van der Waals surface area (Å²) in [7, 11) is -1.78. The van der Waals surface area contributed by atoms with Crippen LogP contribution in [-0.4, -0.2) is 41.3 Å². The number of nitrogens with one attached hydrogen (secondary N) is 2. The summed E-state index contributed by atoms with van der Waals surface area (Å²) in [6, 6.07) is 5.54. The van der Waals surface area contributed by atoms with E-state index in [1.165, 1.54) is 27.0 Å². The van der Waals surface area contributed by atoms with Crippen LogP contribution in [0.5, 0.6) is 0 Å². The Morgan fingerprint density at radius 1 is 1.37 bits per heavy atom. The topological polar surface area (TPSA) is 82.5 Å². The van der Waals surface area contributed by atoms with Gasteiger partial charge in [-0.3, -0.25) is 9.12 Å². The number of benzene rings is 1. The first-order valence-electron chi connectivity index (χ1n) is 8.38. The molecule has 7 nitrogen and oxygen atoms in total. The number of nitrogens with zero attached hydrogens (tertiary/aromatic N) is 3. The lowest BCUT2D eigenvalue weighted by molar-refractivity contribution is 0.310. The quantitative estimate of drug-likeness (QED) is 0.531. The molecule has 0 saturated heterocycles. The van der Waals surface area contributed by atoms with Gasteiger partial charge in [-0.25, -0.2) is 4.98 Å². The van der Waals surface area contributed by atoms with Gasteiger partial charge in [-0.05, 0) is 37.2 Å². The normalized spacial score (nSPS) is 15.5. The van der Waals surface area contributed by atoms with Crippen molar-refractivity contribution in [1.29, 1.82) is 0 Å². The van der Waals surface area contributed by atoms with Crippen molar-refractivity contribution in [2.45, 2.75) is 18.0 Å². The van der Waals surface area contributed by atoms with Crippen LogP contribution in [0.4, 0.5) is 5.69 Å². The molecule has 1 aliphatic heterocycles. The molecule has 0 unspecified atom stereocenters. The number of hydrogen-bond acceptors (Lipinski definition) is 5. The first-order valence-corrected chi connectivity index (χ1v) is 11.1. The first-order chi connectivity index (χ1) is 12.9. The van der Waals surface area contributed by atoms with Crippen molar-refractivity contribution in [3.8, 4) is 0 Å². The molecule has 10 heteroatoms. The zero-order chi connectivity index (χ0) is 18.8. The van der Waals surface area contributed by atoms with Crippen molar-refractivity contribution >= 4 is 54.5 Å². The number of halogens is 1. The highest BCUT2D eigenvalue weighted by Crippen LogP contribution is 2.31. The van der Waals surface area contributed by atoms with E-state index >= 15 is 0 Å². The van der Waals surface area contributed by atoms with Gasteiger partial charge in [-0.2, -0.15) is 8.42 Å². The molecule has 27 heavy (non-hydrogen) atoms. The van der Waals surface area contributed by atoms with E-state index in [-0.39, 0.29) is 10.2 Å². The highest BCUT2D eigenvalue weighted by molar-refractivity contribution is 7.92. The standard InChI is InChI=1S/C17H16ClN5O2S2/c1-22-5-4-11-12-8-10(2-3-13(12)19-14(11)9-22)21-27(24,25)16-15(18)20-17-23(16)6-7-26-17/h2-3,6-8,19,21H,4-5,9H2,1H3. The van der Waals surface area contributed by atoms with E-state index in [4.69, 9.17) is 11.6 Å². The van der Waals surface area contributed by atoms with Crippen LogP contribution < -0.4 is 4.72 Å². The Kier molecular flexibility index (Phi) is 3.77. The number of H-pyrrole nitrogens is 1. The molecule has 140 valence electrons. The van der Waals surface area contributed by atoms with Gasteiger partial charge in [0.15, 0.2) is 15.1 Å². The third-order valence-corrected chi connectivity index (χ3v) is 7.39. The summed E-state index contributed by atoms with van der Waals surface area (Å²) >= 11 is 7.42. The minimum atomic E-state index is -3.87. The van der Waals surface area contributed by atoms with Crippen molar-refractivity contribution in [3.63, 3.8) is 0 Å². The number of rotatable bonds is 3. The number of aromatic amines is 1. The van der Waals surface area contributed by atoms with E-state index < -0.39 is 10.0 Å². The van der Waals surface area contributed by atoms with E-state index in [0.29, 0.717) is 10.6 Å². The predicted octanol–water partition coefficient (Wildman–Crippen LogP) is 3.32. The summed E-state index contributed by atoms with van der Waals surface area (Å²) in [4.78, 5) is 10.3. The molecule has 5 rings (SSSR count). The molecule has 0 atom stereocenters. The Bertz CT molecular complexity index is 1290. The number of hydrogen-bond donors (Lipinski definition) is 2. The highest BCUT2D eigenvalue weighted by atomic mass is 35.5. The lowest BCUT2D eigenvalue weighted by atomic mass is 10.0. The first kappa shape index (κ1) is 17.1. The second-order valence-electron chi connectivity index (χ2n) is 6.70. The molecule has 0 fully saturated rings.